The lowest BCUT2D eigenvalue weighted by Gasteiger charge is -2.25. The first kappa shape index (κ1) is 19.9. The molecule has 0 spiro atoms. The van der Waals surface area contributed by atoms with Crippen molar-refractivity contribution in [2.24, 2.45) is 0 Å². The van der Waals surface area contributed by atoms with E-state index in [1.807, 2.05) is 32.0 Å². The van der Waals surface area contributed by atoms with Crippen LogP contribution >= 0.6 is 0 Å². The second kappa shape index (κ2) is 8.34. The fraction of sp³-hybridized carbons (Fsp3) is 0.550. The molecule has 6 heteroatoms. The van der Waals surface area contributed by atoms with E-state index >= 15 is 0 Å². The Bertz CT molecular complexity index is 679. The van der Waals surface area contributed by atoms with Crippen LogP contribution in [0.5, 0.6) is 0 Å². The molecule has 1 saturated heterocycles. The summed E-state index contributed by atoms with van der Waals surface area (Å²) in [6.07, 6.45) is 2.74. The van der Waals surface area contributed by atoms with Crippen LogP contribution in [0.25, 0.3) is 0 Å². The minimum atomic E-state index is -0.863. The lowest BCUT2D eigenvalue weighted by atomic mass is 9.88. The highest BCUT2D eigenvalue weighted by Crippen LogP contribution is 2.28. The number of rotatable bonds is 8. The van der Waals surface area contributed by atoms with Crippen molar-refractivity contribution in [3.05, 3.63) is 29.8 Å². The second-order valence-electron chi connectivity index (χ2n) is 7.23. The van der Waals surface area contributed by atoms with Crippen molar-refractivity contribution in [2.75, 3.05) is 11.9 Å². The van der Waals surface area contributed by atoms with Crippen molar-refractivity contribution in [3.8, 4) is 0 Å². The summed E-state index contributed by atoms with van der Waals surface area (Å²) in [5, 5.41) is 5.60. The van der Waals surface area contributed by atoms with Gasteiger partial charge in [-0.15, -0.1) is 0 Å². The van der Waals surface area contributed by atoms with Gasteiger partial charge in [0.1, 0.15) is 12.1 Å². The monoisotopic (exact) mass is 359 g/mol. The smallest absolute Gasteiger partial charge is 0.325 e. The van der Waals surface area contributed by atoms with Crippen LogP contribution in [0.15, 0.2) is 24.3 Å². The van der Waals surface area contributed by atoms with E-state index < -0.39 is 11.6 Å². The van der Waals surface area contributed by atoms with Gasteiger partial charge >= 0.3 is 6.03 Å². The summed E-state index contributed by atoms with van der Waals surface area (Å²) in [4.78, 5) is 38.5. The SMILES string of the molecule is CCCC1(CCC)NC(=O)N(CC(=O)Nc2cccc(C(C)C)c2)C1=O. The summed E-state index contributed by atoms with van der Waals surface area (Å²) in [6.45, 7) is 7.85. The number of nitrogens with one attached hydrogen (secondary N) is 2. The van der Waals surface area contributed by atoms with Gasteiger partial charge in [0.25, 0.3) is 5.91 Å². The summed E-state index contributed by atoms with van der Waals surface area (Å²) < 4.78 is 0. The van der Waals surface area contributed by atoms with Gasteiger partial charge in [0.2, 0.25) is 5.91 Å². The number of imide groups is 1. The number of carbonyl (C=O) groups excluding carboxylic acids is 3. The van der Waals surface area contributed by atoms with E-state index in [2.05, 4.69) is 24.5 Å². The number of hydrogen-bond acceptors (Lipinski definition) is 3. The molecule has 0 unspecified atom stereocenters. The van der Waals surface area contributed by atoms with Gasteiger partial charge in [-0.3, -0.25) is 14.5 Å². The summed E-state index contributed by atoms with van der Waals surface area (Å²) >= 11 is 0. The lowest BCUT2D eigenvalue weighted by molar-refractivity contribution is -0.134. The van der Waals surface area contributed by atoms with E-state index in [1.165, 1.54) is 0 Å². The van der Waals surface area contributed by atoms with Gasteiger partial charge in [-0.2, -0.15) is 0 Å². The van der Waals surface area contributed by atoms with Crippen LogP contribution in [0.4, 0.5) is 10.5 Å². The third-order valence-electron chi connectivity index (χ3n) is 4.74. The van der Waals surface area contributed by atoms with E-state index in [-0.39, 0.29) is 18.4 Å². The van der Waals surface area contributed by atoms with E-state index in [9.17, 15) is 14.4 Å². The Morgan fingerprint density at radius 1 is 1.19 bits per heavy atom. The van der Waals surface area contributed by atoms with Gasteiger partial charge in [0.05, 0.1) is 0 Å². The maximum atomic E-state index is 12.8. The predicted octanol–water partition coefficient (Wildman–Crippen LogP) is 3.64. The lowest BCUT2D eigenvalue weighted by Crippen LogP contribution is -2.47. The van der Waals surface area contributed by atoms with Crippen LogP contribution in [-0.4, -0.2) is 34.8 Å². The Morgan fingerprint density at radius 2 is 1.85 bits per heavy atom. The minimum absolute atomic E-state index is 0.272. The highest BCUT2D eigenvalue weighted by molar-refractivity contribution is 6.10. The molecule has 1 heterocycles. The molecule has 0 aromatic heterocycles. The Hall–Kier alpha value is -2.37. The van der Waals surface area contributed by atoms with Crippen LogP contribution in [0.1, 0.15) is 64.9 Å². The molecular formula is C20H29N3O3. The minimum Gasteiger partial charge on any atom is -0.325 e. The molecule has 142 valence electrons. The summed E-state index contributed by atoms with van der Waals surface area (Å²) in [7, 11) is 0. The molecule has 0 radical (unpaired) electrons. The van der Waals surface area contributed by atoms with Gasteiger partial charge in [-0.25, -0.2) is 4.79 Å². The molecule has 1 aliphatic rings. The quantitative estimate of drug-likeness (QED) is 0.696. The number of anilines is 1. The fourth-order valence-corrected chi connectivity index (χ4v) is 3.46. The largest absolute Gasteiger partial charge is 0.325 e. The Kier molecular flexibility index (Phi) is 6.40. The van der Waals surface area contributed by atoms with Gasteiger partial charge in [-0.05, 0) is 36.5 Å². The van der Waals surface area contributed by atoms with Crippen molar-refractivity contribution < 1.29 is 14.4 Å². The van der Waals surface area contributed by atoms with E-state index in [1.54, 1.807) is 6.07 Å². The number of urea groups is 1. The number of benzene rings is 1. The Labute approximate surface area is 155 Å². The zero-order valence-corrected chi connectivity index (χ0v) is 16.1. The molecule has 4 amide bonds. The normalized spacial score (nSPS) is 16.1. The second-order valence-corrected chi connectivity index (χ2v) is 7.23. The van der Waals surface area contributed by atoms with Crippen molar-refractivity contribution >= 4 is 23.5 Å². The molecule has 0 saturated carbocycles. The van der Waals surface area contributed by atoms with E-state index in [0.29, 0.717) is 24.4 Å². The molecule has 26 heavy (non-hydrogen) atoms. The number of hydrogen-bond donors (Lipinski definition) is 2. The van der Waals surface area contributed by atoms with Gasteiger partial charge < -0.3 is 10.6 Å². The molecule has 1 aliphatic heterocycles. The first-order chi connectivity index (χ1) is 12.3. The fourth-order valence-electron chi connectivity index (χ4n) is 3.46. The Morgan fingerprint density at radius 3 is 2.42 bits per heavy atom. The van der Waals surface area contributed by atoms with Crippen LogP contribution in [0, 0.1) is 0 Å². The first-order valence-electron chi connectivity index (χ1n) is 9.37. The molecule has 2 N–H and O–H groups in total. The molecule has 6 nitrogen and oxygen atoms in total. The molecule has 1 aromatic carbocycles. The van der Waals surface area contributed by atoms with Crippen LogP contribution in [0.3, 0.4) is 0 Å². The molecule has 2 rings (SSSR count). The molecule has 0 aliphatic carbocycles. The predicted molar refractivity (Wildman–Crippen MR) is 102 cm³/mol. The summed E-state index contributed by atoms with van der Waals surface area (Å²) in [5.74, 6) is -0.322. The van der Waals surface area contributed by atoms with E-state index in [4.69, 9.17) is 0 Å². The van der Waals surface area contributed by atoms with Crippen LogP contribution in [0.2, 0.25) is 0 Å². The average Bonchev–Trinajstić information content (AvgIpc) is 2.80. The molecule has 0 atom stereocenters. The Balaban J connectivity index is 2.08. The summed E-state index contributed by atoms with van der Waals surface area (Å²) in [5.41, 5.74) is 0.919. The first-order valence-corrected chi connectivity index (χ1v) is 9.37. The maximum absolute atomic E-state index is 12.8. The topological polar surface area (TPSA) is 78.5 Å². The van der Waals surface area contributed by atoms with Crippen LogP contribution in [-0.2, 0) is 9.59 Å². The molecular weight excluding hydrogens is 330 g/mol. The maximum Gasteiger partial charge on any atom is 0.325 e. The molecule has 0 bridgehead atoms. The summed E-state index contributed by atoms with van der Waals surface area (Å²) in [6, 6.07) is 7.11. The van der Waals surface area contributed by atoms with Gasteiger partial charge in [0, 0.05) is 5.69 Å². The van der Waals surface area contributed by atoms with Gasteiger partial charge in [0.15, 0.2) is 0 Å². The van der Waals surface area contributed by atoms with Crippen molar-refractivity contribution in [1.82, 2.24) is 10.2 Å². The van der Waals surface area contributed by atoms with Crippen molar-refractivity contribution in [2.45, 2.75) is 64.8 Å². The third kappa shape index (κ3) is 4.23. The molecule has 1 aromatic rings. The van der Waals surface area contributed by atoms with Crippen molar-refractivity contribution in [1.29, 1.82) is 0 Å². The van der Waals surface area contributed by atoms with E-state index in [0.717, 1.165) is 23.3 Å². The van der Waals surface area contributed by atoms with Crippen LogP contribution < -0.4 is 10.6 Å². The zero-order valence-electron chi connectivity index (χ0n) is 16.1. The molecule has 1 fully saturated rings. The number of carbonyl (C=O) groups is 3. The zero-order chi connectivity index (χ0) is 19.3. The van der Waals surface area contributed by atoms with Crippen molar-refractivity contribution in [3.63, 3.8) is 0 Å². The highest BCUT2D eigenvalue weighted by atomic mass is 16.2. The number of amides is 4. The van der Waals surface area contributed by atoms with Gasteiger partial charge in [-0.1, -0.05) is 52.7 Å². The number of nitrogens with zero attached hydrogens (tertiary/aromatic N) is 1. The average molecular weight is 359 g/mol. The standard InChI is InChI=1S/C20H29N3O3/c1-5-10-20(11-6-2)18(25)23(19(26)22-20)13-17(24)21-16-9-7-8-15(12-16)14(3)4/h7-9,12,14H,5-6,10-11,13H2,1-4H3,(H,21,24)(H,22,26). The third-order valence-corrected chi connectivity index (χ3v) is 4.74. The highest BCUT2D eigenvalue weighted by Gasteiger charge is 2.50.